The van der Waals surface area contributed by atoms with Gasteiger partial charge in [-0.05, 0) is 98.4 Å². The first-order valence-corrected chi connectivity index (χ1v) is 18.9. The van der Waals surface area contributed by atoms with Gasteiger partial charge in [-0.2, -0.15) is 0 Å². The molecule has 2 aliphatic heterocycles. The van der Waals surface area contributed by atoms with Gasteiger partial charge in [0.2, 0.25) is 0 Å². The number of nitrogens with one attached hydrogen (secondary N) is 2. The zero-order valence-electron chi connectivity index (χ0n) is 28.9. The van der Waals surface area contributed by atoms with Crippen molar-refractivity contribution in [3.05, 3.63) is 101 Å². The topological polar surface area (TPSA) is 131 Å². The number of anilines is 1. The number of fused-ring (bicyclic) bond motifs is 2. The fraction of sp³-hybridized carbons (Fsp3) is 0.410. The van der Waals surface area contributed by atoms with Crippen LogP contribution in [0.2, 0.25) is 0 Å². The molecule has 2 saturated heterocycles. The molecule has 0 radical (unpaired) electrons. The number of urea groups is 1. The molecule has 2 bridgehead atoms. The van der Waals surface area contributed by atoms with Crippen molar-refractivity contribution >= 4 is 27.6 Å². The number of sulfonamides is 1. The van der Waals surface area contributed by atoms with Crippen LogP contribution < -0.4 is 10.0 Å². The van der Waals surface area contributed by atoms with Crippen LogP contribution in [0.1, 0.15) is 98.0 Å². The quantitative estimate of drug-likeness (QED) is 0.184. The maximum absolute atomic E-state index is 13.5. The summed E-state index contributed by atoms with van der Waals surface area (Å²) in [5.74, 6) is 0.608. The third kappa shape index (κ3) is 7.07. The van der Waals surface area contributed by atoms with E-state index in [0.717, 1.165) is 72.2 Å². The van der Waals surface area contributed by atoms with Gasteiger partial charge in [0.25, 0.3) is 15.9 Å². The van der Waals surface area contributed by atoms with E-state index < -0.39 is 15.9 Å². The summed E-state index contributed by atoms with van der Waals surface area (Å²) in [5, 5.41) is 7.45. The Kier molecular flexibility index (Phi) is 9.07. The molecule has 3 heterocycles. The first-order valence-electron chi connectivity index (χ1n) is 17.4. The summed E-state index contributed by atoms with van der Waals surface area (Å²) < 4.78 is 40.3. The predicted octanol–water partition coefficient (Wildman–Crippen LogP) is 7.69. The lowest BCUT2D eigenvalue weighted by atomic mass is 9.87. The Hall–Kier alpha value is -4.48. The van der Waals surface area contributed by atoms with E-state index in [0.29, 0.717) is 18.2 Å². The highest BCUT2D eigenvalue weighted by Crippen LogP contribution is 2.45. The van der Waals surface area contributed by atoms with Gasteiger partial charge in [0.15, 0.2) is 0 Å². The number of carbonyl (C=O) groups excluding carboxylic acids is 2. The second-order valence-electron chi connectivity index (χ2n) is 14.9. The first kappa shape index (κ1) is 34.0. The van der Waals surface area contributed by atoms with Crippen LogP contribution in [0.5, 0.6) is 0 Å². The molecule has 0 spiro atoms. The summed E-state index contributed by atoms with van der Waals surface area (Å²) in [6.07, 6.45) is 5.57. The number of hydrogen-bond donors (Lipinski definition) is 2. The maximum atomic E-state index is 13.5. The van der Waals surface area contributed by atoms with Gasteiger partial charge < -0.3 is 19.5 Å². The Morgan fingerprint density at radius 3 is 2.20 bits per heavy atom. The molecule has 2 unspecified atom stereocenters. The number of amides is 3. The van der Waals surface area contributed by atoms with Crippen LogP contribution in [-0.4, -0.2) is 48.6 Å². The van der Waals surface area contributed by atoms with Gasteiger partial charge in [0, 0.05) is 40.4 Å². The Labute approximate surface area is 293 Å². The molecule has 1 aromatic heterocycles. The minimum atomic E-state index is -4.05. The van der Waals surface area contributed by atoms with Crippen LogP contribution in [0.4, 0.5) is 10.5 Å². The number of carbonyl (C=O) groups is 2. The van der Waals surface area contributed by atoms with E-state index in [4.69, 9.17) is 9.26 Å². The van der Waals surface area contributed by atoms with E-state index in [1.165, 1.54) is 24.3 Å². The molecule has 3 amide bonds. The number of ether oxygens (including phenoxy) is 1. The van der Waals surface area contributed by atoms with E-state index in [9.17, 15) is 18.0 Å². The summed E-state index contributed by atoms with van der Waals surface area (Å²) in [5.41, 5.74) is 5.66. The lowest BCUT2D eigenvalue weighted by Gasteiger charge is -2.38. The van der Waals surface area contributed by atoms with Crippen molar-refractivity contribution in [2.75, 3.05) is 5.32 Å². The second-order valence-corrected chi connectivity index (χ2v) is 16.6. The molecule has 4 aromatic rings. The highest BCUT2D eigenvalue weighted by molar-refractivity contribution is 7.90. The van der Waals surface area contributed by atoms with Gasteiger partial charge in [0.1, 0.15) is 11.5 Å². The Balaban J connectivity index is 0.947. The summed E-state index contributed by atoms with van der Waals surface area (Å²) in [6.45, 7) is 8.64. The van der Waals surface area contributed by atoms with E-state index in [1.807, 2.05) is 37.8 Å². The molecule has 7 rings (SSSR count). The van der Waals surface area contributed by atoms with Crippen molar-refractivity contribution in [1.82, 2.24) is 14.8 Å². The van der Waals surface area contributed by atoms with Crippen molar-refractivity contribution in [3.8, 4) is 11.3 Å². The monoisotopic (exact) mass is 696 g/mol. The fourth-order valence-electron chi connectivity index (χ4n) is 7.24. The van der Waals surface area contributed by atoms with Crippen LogP contribution in [-0.2, 0) is 26.8 Å². The standard InChI is InChI=1S/C39H44N4O6S/c1-24-7-5-6-8-33(24)35-34(36(49-41-35)25-9-10-25)23-48-31-21-29-17-18-30(22-31)43(29)38(45)40-28-15-11-26(12-16-28)37(44)42-50(46,47)32-19-13-27(14-20-32)39(2,3)4/h5-8,11-16,19-20,25,29-31H,9-10,17-18,21-23H2,1-4H3,(H,40,45)(H,42,44). The van der Waals surface area contributed by atoms with E-state index in [-0.39, 0.29) is 40.1 Å². The smallest absolute Gasteiger partial charge is 0.322 e. The zero-order valence-corrected chi connectivity index (χ0v) is 29.8. The summed E-state index contributed by atoms with van der Waals surface area (Å²) in [4.78, 5) is 28.3. The highest BCUT2D eigenvalue weighted by Gasteiger charge is 2.44. The van der Waals surface area contributed by atoms with Gasteiger partial charge in [-0.1, -0.05) is 62.3 Å². The molecule has 50 heavy (non-hydrogen) atoms. The van der Waals surface area contributed by atoms with Crippen molar-refractivity contribution in [2.45, 2.75) is 107 Å². The van der Waals surface area contributed by atoms with E-state index in [1.54, 1.807) is 24.3 Å². The SMILES string of the molecule is Cc1ccccc1-c1noc(C2CC2)c1COC1CC2CCC(C1)N2C(=O)Nc1ccc(C(=O)NS(=O)(=O)c2ccc(C(C)(C)C)cc2)cc1. The molecular weight excluding hydrogens is 653 g/mol. The lowest BCUT2D eigenvalue weighted by Crippen LogP contribution is -2.50. The third-order valence-corrected chi connectivity index (χ3v) is 11.6. The van der Waals surface area contributed by atoms with Gasteiger partial charge in [-0.15, -0.1) is 0 Å². The van der Waals surface area contributed by atoms with Crippen LogP contribution in [0.25, 0.3) is 11.3 Å². The second kappa shape index (κ2) is 13.3. The maximum Gasteiger partial charge on any atom is 0.322 e. The Morgan fingerprint density at radius 2 is 1.58 bits per heavy atom. The molecule has 262 valence electrons. The van der Waals surface area contributed by atoms with Crippen molar-refractivity contribution < 1.29 is 27.3 Å². The number of nitrogens with zero attached hydrogens (tertiary/aromatic N) is 2. The summed E-state index contributed by atoms with van der Waals surface area (Å²) in [7, 11) is -4.05. The zero-order chi connectivity index (χ0) is 35.2. The largest absolute Gasteiger partial charge is 0.373 e. The van der Waals surface area contributed by atoms with E-state index >= 15 is 0 Å². The average molecular weight is 697 g/mol. The number of benzene rings is 3. The number of rotatable bonds is 9. The number of aromatic nitrogens is 1. The van der Waals surface area contributed by atoms with Crippen molar-refractivity contribution in [1.29, 1.82) is 0 Å². The Bertz CT molecular complexity index is 1980. The molecule has 3 aliphatic rings. The summed E-state index contributed by atoms with van der Waals surface area (Å²) >= 11 is 0. The molecule has 10 nitrogen and oxygen atoms in total. The molecule has 3 aromatic carbocycles. The predicted molar refractivity (Wildman–Crippen MR) is 190 cm³/mol. The first-order chi connectivity index (χ1) is 23.9. The highest BCUT2D eigenvalue weighted by atomic mass is 32.2. The van der Waals surface area contributed by atoms with Crippen molar-refractivity contribution in [2.24, 2.45) is 0 Å². The minimum absolute atomic E-state index is 0.0139. The number of hydrogen-bond acceptors (Lipinski definition) is 7. The van der Waals surface area contributed by atoms with Gasteiger partial charge in [-0.3, -0.25) is 4.79 Å². The average Bonchev–Trinajstić information content (AvgIpc) is 3.78. The normalized spacial score (nSPS) is 20.5. The summed E-state index contributed by atoms with van der Waals surface area (Å²) in [6, 6.07) is 20.9. The third-order valence-electron chi connectivity index (χ3n) is 10.2. The fourth-order valence-corrected chi connectivity index (χ4v) is 8.22. The van der Waals surface area contributed by atoms with Gasteiger partial charge >= 0.3 is 6.03 Å². The lowest BCUT2D eigenvalue weighted by molar-refractivity contribution is -0.0158. The number of aryl methyl sites for hydroxylation is 1. The van der Waals surface area contributed by atoms with Crippen molar-refractivity contribution in [3.63, 3.8) is 0 Å². The van der Waals surface area contributed by atoms with Gasteiger partial charge in [-0.25, -0.2) is 17.9 Å². The van der Waals surface area contributed by atoms with Crippen LogP contribution >= 0.6 is 0 Å². The van der Waals surface area contributed by atoms with E-state index in [2.05, 4.69) is 34.3 Å². The Morgan fingerprint density at radius 1 is 0.920 bits per heavy atom. The number of piperidine rings is 1. The molecule has 2 atom stereocenters. The van der Waals surface area contributed by atoms with Crippen LogP contribution in [0, 0.1) is 6.92 Å². The minimum Gasteiger partial charge on any atom is -0.373 e. The van der Waals surface area contributed by atoms with Gasteiger partial charge in [0.05, 0.1) is 17.6 Å². The van der Waals surface area contributed by atoms with Crippen LogP contribution in [0.3, 0.4) is 0 Å². The molecule has 3 fully saturated rings. The molecule has 1 aliphatic carbocycles. The molecule has 11 heteroatoms. The molecular formula is C39H44N4O6S. The molecule has 1 saturated carbocycles. The van der Waals surface area contributed by atoms with Crippen LogP contribution in [0.15, 0.2) is 82.2 Å². The molecule has 2 N–H and O–H groups in total.